The number of nitrogens with one attached hydrogen (secondary N) is 1. The third kappa shape index (κ3) is 1.09. The van der Waals surface area contributed by atoms with Crippen molar-refractivity contribution in [3.63, 3.8) is 0 Å². The Kier molecular flexibility index (Phi) is 1.53. The summed E-state index contributed by atoms with van der Waals surface area (Å²) in [6.45, 7) is 0. The van der Waals surface area contributed by atoms with Crippen LogP contribution in [0, 0.1) is 0 Å². The summed E-state index contributed by atoms with van der Waals surface area (Å²) in [4.78, 5) is 7.46. The number of hydrogen-bond donors (Lipinski definition) is 1. The number of fused-ring (bicyclic) bond motifs is 2. The van der Waals surface area contributed by atoms with Crippen LogP contribution < -0.4 is 0 Å². The molecule has 4 heteroatoms. The summed E-state index contributed by atoms with van der Waals surface area (Å²) >= 11 is 0. The molecule has 1 aromatic carbocycles. The molecule has 0 aliphatic heterocycles. The lowest BCUT2D eigenvalue weighted by Crippen LogP contribution is -1.78. The average molecular weight is 220 g/mol. The van der Waals surface area contributed by atoms with Gasteiger partial charge in [0, 0.05) is 24.0 Å². The van der Waals surface area contributed by atoms with Gasteiger partial charge in [0.15, 0.2) is 0 Å². The fourth-order valence-corrected chi connectivity index (χ4v) is 2.25. The lowest BCUT2D eigenvalue weighted by Gasteiger charge is -1.96. The van der Waals surface area contributed by atoms with Crippen LogP contribution in [0.4, 0.5) is 0 Å². The van der Waals surface area contributed by atoms with Gasteiger partial charge in [-0.15, -0.1) is 10.2 Å². The van der Waals surface area contributed by atoms with Crippen LogP contribution in [0.3, 0.4) is 0 Å². The van der Waals surface area contributed by atoms with E-state index in [0.717, 1.165) is 32.7 Å². The van der Waals surface area contributed by atoms with Gasteiger partial charge < -0.3 is 4.98 Å². The molecule has 0 bridgehead atoms. The zero-order valence-corrected chi connectivity index (χ0v) is 8.88. The van der Waals surface area contributed by atoms with E-state index < -0.39 is 0 Å². The van der Waals surface area contributed by atoms with E-state index in [-0.39, 0.29) is 0 Å². The van der Waals surface area contributed by atoms with E-state index >= 15 is 0 Å². The van der Waals surface area contributed by atoms with Crippen molar-refractivity contribution >= 4 is 32.7 Å². The number of hydrogen-bond acceptors (Lipinski definition) is 3. The topological polar surface area (TPSA) is 54.5 Å². The van der Waals surface area contributed by atoms with E-state index in [0.29, 0.717) is 0 Å². The smallest absolute Gasteiger partial charge is 0.0987 e. The highest BCUT2D eigenvalue weighted by Gasteiger charge is 2.07. The molecule has 4 rings (SSSR count). The van der Waals surface area contributed by atoms with Gasteiger partial charge in [-0.1, -0.05) is 6.07 Å². The van der Waals surface area contributed by atoms with Crippen molar-refractivity contribution in [3.05, 3.63) is 42.9 Å². The Balaban J connectivity index is 2.47. The van der Waals surface area contributed by atoms with Gasteiger partial charge in [-0.3, -0.25) is 4.98 Å². The zero-order chi connectivity index (χ0) is 11.2. The molecule has 0 fully saturated rings. The van der Waals surface area contributed by atoms with Crippen molar-refractivity contribution in [1.82, 2.24) is 20.2 Å². The van der Waals surface area contributed by atoms with E-state index in [4.69, 9.17) is 0 Å². The van der Waals surface area contributed by atoms with E-state index in [2.05, 4.69) is 20.2 Å². The van der Waals surface area contributed by atoms with Crippen molar-refractivity contribution in [2.24, 2.45) is 0 Å². The molecular formula is C13H8N4. The first-order valence-electron chi connectivity index (χ1n) is 5.40. The fraction of sp³-hybridized carbons (Fsp3) is 0. The van der Waals surface area contributed by atoms with Crippen molar-refractivity contribution in [2.75, 3.05) is 0 Å². The quantitative estimate of drug-likeness (QED) is 0.495. The Morgan fingerprint density at radius 3 is 2.76 bits per heavy atom. The van der Waals surface area contributed by atoms with Gasteiger partial charge >= 0.3 is 0 Å². The predicted octanol–water partition coefficient (Wildman–Crippen LogP) is 2.66. The standard InChI is InChI=1S/C13H8N4/c1-2-10-12-11(17-16-10)4-6-15-13(12)9-7-14-5-3-8(1)9/h1-7,15H. The normalized spacial score (nSPS) is 11.5. The van der Waals surface area contributed by atoms with Gasteiger partial charge in [-0.05, 0) is 23.6 Å². The van der Waals surface area contributed by atoms with Crippen LogP contribution in [-0.4, -0.2) is 20.2 Å². The Morgan fingerprint density at radius 2 is 1.82 bits per heavy atom. The summed E-state index contributed by atoms with van der Waals surface area (Å²) in [6.07, 6.45) is 5.55. The van der Waals surface area contributed by atoms with Crippen molar-refractivity contribution in [2.45, 2.75) is 0 Å². The molecule has 0 saturated heterocycles. The molecule has 3 aromatic heterocycles. The summed E-state index contributed by atoms with van der Waals surface area (Å²) in [7, 11) is 0. The minimum Gasteiger partial charge on any atom is -0.360 e. The molecule has 0 spiro atoms. The number of nitrogens with zero attached hydrogens (tertiary/aromatic N) is 3. The first kappa shape index (κ1) is 8.64. The average Bonchev–Trinajstić information content (AvgIpc) is 2.72. The zero-order valence-electron chi connectivity index (χ0n) is 8.88. The summed E-state index contributed by atoms with van der Waals surface area (Å²) in [6, 6.07) is 7.98. The van der Waals surface area contributed by atoms with E-state index in [1.807, 2.05) is 36.7 Å². The molecule has 0 saturated carbocycles. The molecule has 0 radical (unpaired) electrons. The van der Waals surface area contributed by atoms with Crippen LogP contribution in [0.5, 0.6) is 0 Å². The van der Waals surface area contributed by atoms with Crippen LogP contribution in [-0.2, 0) is 0 Å². The highest BCUT2D eigenvalue weighted by atomic mass is 15.1. The lowest BCUT2D eigenvalue weighted by atomic mass is 10.2. The number of rotatable bonds is 0. The third-order valence-corrected chi connectivity index (χ3v) is 3.04. The van der Waals surface area contributed by atoms with E-state index in [1.165, 1.54) is 0 Å². The highest BCUT2D eigenvalue weighted by molar-refractivity contribution is 6.14. The lowest BCUT2D eigenvalue weighted by molar-refractivity contribution is 1.15. The first-order valence-corrected chi connectivity index (χ1v) is 5.40. The Bertz CT molecular complexity index is 842. The third-order valence-electron chi connectivity index (χ3n) is 3.04. The van der Waals surface area contributed by atoms with Crippen LogP contribution in [0.25, 0.3) is 32.7 Å². The second kappa shape index (κ2) is 3.01. The maximum Gasteiger partial charge on any atom is 0.0987 e. The minimum absolute atomic E-state index is 0.906. The summed E-state index contributed by atoms with van der Waals surface area (Å²) < 4.78 is 0. The Morgan fingerprint density at radius 1 is 0.941 bits per heavy atom. The van der Waals surface area contributed by atoms with Gasteiger partial charge in [0.1, 0.15) is 0 Å². The second-order valence-electron chi connectivity index (χ2n) is 3.99. The van der Waals surface area contributed by atoms with Crippen LogP contribution in [0.15, 0.2) is 42.9 Å². The Labute approximate surface area is 96.3 Å². The maximum atomic E-state index is 4.19. The molecule has 4 aromatic rings. The second-order valence-corrected chi connectivity index (χ2v) is 3.99. The van der Waals surface area contributed by atoms with Crippen molar-refractivity contribution < 1.29 is 0 Å². The van der Waals surface area contributed by atoms with Crippen molar-refractivity contribution in [3.8, 4) is 0 Å². The molecule has 0 aliphatic carbocycles. The van der Waals surface area contributed by atoms with Gasteiger partial charge in [0.25, 0.3) is 0 Å². The largest absolute Gasteiger partial charge is 0.360 e. The summed E-state index contributed by atoms with van der Waals surface area (Å²) in [5, 5.41) is 11.6. The maximum absolute atomic E-state index is 4.19. The molecule has 0 unspecified atom stereocenters. The fourth-order valence-electron chi connectivity index (χ4n) is 2.25. The van der Waals surface area contributed by atoms with Crippen molar-refractivity contribution in [1.29, 1.82) is 0 Å². The van der Waals surface area contributed by atoms with Gasteiger partial charge in [-0.25, -0.2) is 0 Å². The van der Waals surface area contributed by atoms with Crippen LogP contribution in [0.2, 0.25) is 0 Å². The molecule has 4 nitrogen and oxygen atoms in total. The molecule has 80 valence electrons. The molecule has 17 heavy (non-hydrogen) atoms. The van der Waals surface area contributed by atoms with Crippen LogP contribution >= 0.6 is 0 Å². The summed E-state index contributed by atoms with van der Waals surface area (Å²) in [5.74, 6) is 0. The van der Waals surface area contributed by atoms with Gasteiger partial charge in [-0.2, -0.15) is 0 Å². The predicted molar refractivity (Wildman–Crippen MR) is 66.7 cm³/mol. The number of pyridine rings is 2. The number of H-pyrrole nitrogens is 1. The number of aromatic amines is 1. The SMILES string of the molecule is c1cc2ccc3nnc4cc[nH]c(c2cn1)c43. The van der Waals surface area contributed by atoms with Gasteiger partial charge in [0.2, 0.25) is 0 Å². The van der Waals surface area contributed by atoms with Crippen LogP contribution in [0.1, 0.15) is 0 Å². The highest BCUT2D eigenvalue weighted by Crippen LogP contribution is 2.27. The molecular weight excluding hydrogens is 212 g/mol. The monoisotopic (exact) mass is 220 g/mol. The molecule has 0 atom stereocenters. The molecule has 0 amide bonds. The van der Waals surface area contributed by atoms with Gasteiger partial charge in [0.05, 0.1) is 21.9 Å². The van der Waals surface area contributed by atoms with E-state index in [1.54, 1.807) is 6.20 Å². The summed E-state index contributed by atoms with van der Waals surface area (Å²) in [5.41, 5.74) is 2.86. The molecule has 1 N–H and O–H groups in total. The molecule has 0 aliphatic rings. The molecule has 3 heterocycles. The Hall–Kier alpha value is -2.49. The minimum atomic E-state index is 0.906. The first-order chi connectivity index (χ1) is 8.43. The van der Waals surface area contributed by atoms with E-state index in [9.17, 15) is 0 Å². The number of aromatic nitrogens is 4.